The predicted molar refractivity (Wildman–Crippen MR) is 127 cm³/mol. The van der Waals surface area contributed by atoms with Crippen LogP contribution in [0.3, 0.4) is 0 Å². The van der Waals surface area contributed by atoms with Crippen molar-refractivity contribution in [2.45, 2.75) is 44.4 Å². The summed E-state index contributed by atoms with van der Waals surface area (Å²) >= 11 is 0. The van der Waals surface area contributed by atoms with Crippen LogP contribution in [0.5, 0.6) is 5.75 Å². The van der Waals surface area contributed by atoms with Crippen molar-refractivity contribution in [2.75, 3.05) is 14.2 Å². The van der Waals surface area contributed by atoms with E-state index in [2.05, 4.69) is 13.2 Å². The van der Waals surface area contributed by atoms with Crippen molar-refractivity contribution in [3.63, 3.8) is 0 Å². The Bertz CT molecular complexity index is 1020. The lowest BCUT2D eigenvalue weighted by Crippen LogP contribution is -2.15. The minimum atomic E-state index is -0.803. The van der Waals surface area contributed by atoms with E-state index >= 15 is 0 Å². The van der Waals surface area contributed by atoms with Crippen molar-refractivity contribution in [3.05, 3.63) is 90.0 Å². The molecule has 5 heteroatoms. The lowest BCUT2D eigenvalue weighted by Gasteiger charge is -2.29. The maximum absolute atomic E-state index is 15.0. The molecule has 1 fully saturated rings. The van der Waals surface area contributed by atoms with Crippen molar-refractivity contribution in [3.8, 4) is 16.9 Å². The molecule has 0 unspecified atom stereocenters. The van der Waals surface area contributed by atoms with Gasteiger partial charge in [-0.2, -0.15) is 0 Å². The highest BCUT2D eigenvalue weighted by Gasteiger charge is 2.26. The molecule has 2 aromatic carbocycles. The highest BCUT2D eigenvalue weighted by molar-refractivity contribution is 5.65. The van der Waals surface area contributed by atoms with Crippen LogP contribution in [0.25, 0.3) is 11.1 Å². The summed E-state index contributed by atoms with van der Waals surface area (Å²) < 4.78 is 53.6. The average Bonchev–Trinajstić information content (AvgIpc) is 2.84. The lowest BCUT2D eigenvalue weighted by molar-refractivity contribution is 0.285. The van der Waals surface area contributed by atoms with Crippen LogP contribution in [-0.4, -0.2) is 14.2 Å². The minimum Gasteiger partial charge on any atom is -0.497 e. The van der Waals surface area contributed by atoms with Gasteiger partial charge in [0.1, 0.15) is 11.5 Å². The molecular formula is C28H31F3O2. The minimum absolute atomic E-state index is 0.00577. The Morgan fingerprint density at radius 3 is 2.24 bits per heavy atom. The summed E-state index contributed by atoms with van der Waals surface area (Å²) in [5, 5.41) is 0. The van der Waals surface area contributed by atoms with Gasteiger partial charge in [0.25, 0.3) is 0 Å². The summed E-state index contributed by atoms with van der Waals surface area (Å²) in [6, 6.07) is 10.3. The maximum atomic E-state index is 15.0. The monoisotopic (exact) mass is 456 g/mol. The molecule has 0 saturated heterocycles. The molecular weight excluding hydrogens is 425 g/mol. The molecule has 3 rings (SSSR count). The van der Waals surface area contributed by atoms with E-state index in [4.69, 9.17) is 9.47 Å². The Labute approximate surface area is 194 Å². The van der Waals surface area contributed by atoms with E-state index in [1.165, 1.54) is 13.2 Å². The van der Waals surface area contributed by atoms with Gasteiger partial charge in [-0.15, -0.1) is 0 Å². The van der Waals surface area contributed by atoms with Crippen LogP contribution >= 0.6 is 0 Å². The molecule has 0 radical (unpaired) electrons. The standard InChI is InChI=1S/C28H31F3O2/c1-18(17-26(29)19(2)32-3)5-6-20-7-9-21(10-8-20)24-15-16-25(28(31)27(24)30)22-11-13-23(33-4)14-12-22/h11-17,20-21H,1-2,5-10H2,3-4H3/b26-17+. The number of methoxy groups -OCH3 is 2. The Balaban J connectivity index is 1.58. The molecule has 2 nitrogen and oxygen atoms in total. The van der Waals surface area contributed by atoms with Gasteiger partial charge in [0.15, 0.2) is 17.5 Å². The van der Waals surface area contributed by atoms with E-state index in [9.17, 15) is 13.2 Å². The van der Waals surface area contributed by atoms with Gasteiger partial charge in [-0.05, 0) is 79.7 Å². The van der Waals surface area contributed by atoms with Crippen molar-refractivity contribution in [2.24, 2.45) is 5.92 Å². The molecule has 0 spiro atoms. The maximum Gasteiger partial charge on any atom is 0.166 e. The summed E-state index contributed by atoms with van der Waals surface area (Å²) in [6.45, 7) is 7.40. The second kappa shape index (κ2) is 11.3. The van der Waals surface area contributed by atoms with E-state index in [0.29, 0.717) is 34.8 Å². The number of benzene rings is 2. The largest absolute Gasteiger partial charge is 0.497 e. The Morgan fingerprint density at radius 2 is 1.64 bits per heavy atom. The fraction of sp³-hybridized carbons (Fsp3) is 0.357. The first-order chi connectivity index (χ1) is 15.8. The van der Waals surface area contributed by atoms with Gasteiger partial charge in [0.2, 0.25) is 0 Å². The first-order valence-electron chi connectivity index (χ1n) is 11.2. The molecule has 0 bridgehead atoms. The van der Waals surface area contributed by atoms with E-state index in [1.807, 2.05) is 0 Å². The lowest BCUT2D eigenvalue weighted by atomic mass is 9.76. The van der Waals surface area contributed by atoms with Crippen LogP contribution in [-0.2, 0) is 4.74 Å². The second-order valence-corrected chi connectivity index (χ2v) is 8.59. The van der Waals surface area contributed by atoms with E-state index < -0.39 is 17.5 Å². The van der Waals surface area contributed by atoms with Gasteiger partial charge in [-0.25, -0.2) is 13.2 Å². The fourth-order valence-corrected chi connectivity index (χ4v) is 4.45. The summed E-state index contributed by atoms with van der Waals surface area (Å²) in [5.41, 5.74) is 2.01. The molecule has 176 valence electrons. The van der Waals surface area contributed by atoms with Crippen molar-refractivity contribution < 1.29 is 22.6 Å². The zero-order chi connectivity index (χ0) is 24.0. The van der Waals surface area contributed by atoms with Crippen LogP contribution in [0.1, 0.15) is 50.0 Å². The zero-order valence-corrected chi connectivity index (χ0v) is 19.3. The molecule has 0 N–H and O–H groups in total. The Kier molecular flexibility index (Phi) is 8.43. The number of hydrogen-bond donors (Lipinski definition) is 0. The van der Waals surface area contributed by atoms with Gasteiger partial charge in [0, 0.05) is 5.56 Å². The molecule has 1 aliphatic rings. The van der Waals surface area contributed by atoms with Crippen LogP contribution in [0.15, 0.2) is 72.8 Å². The molecule has 1 aliphatic carbocycles. The smallest absolute Gasteiger partial charge is 0.166 e. The van der Waals surface area contributed by atoms with Gasteiger partial charge < -0.3 is 9.47 Å². The summed E-state index contributed by atoms with van der Waals surface area (Å²) in [7, 11) is 2.94. The molecule has 2 aromatic rings. The molecule has 0 aliphatic heterocycles. The van der Waals surface area contributed by atoms with Gasteiger partial charge in [0.05, 0.1) is 14.2 Å². The third-order valence-electron chi connectivity index (χ3n) is 6.52. The summed E-state index contributed by atoms with van der Waals surface area (Å²) in [4.78, 5) is 0. The van der Waals surface area contributed by atoms with E-state index in [1.54, 1.807) is 43.5 Å². The average molecular weight is 457 g/mol. The molecule has 0 aromatic heterocycles. The summed E-state index contributed by atoms with van der Waals surface area (Å²) in [6.07, 6.45) is 6.40. The molecule has 1 saturated carbocycles. The number of ether oxygens (including phenoxy) is 2. The molecule has 0 atom stereocenters. The first-order valence-corrected chi connectivity index (χ1v) is 11.2. The second-order valence-electron chi connectivity index (χ2n) is 8.59. The van der Waals surface area contributed by atoms with Gasteiger partial charge in [-0.3, -0.25) is 0 Å². The van der Waals surface area contributed by atoms with Crippen LogP contribution < -0.4 is 4.74 Å². The van der Waals surface area contributed by atoms with Crippen LogP contribution in [0.2, 0.25) is 0 Å². The third-order valence-corrected chi connectivity index (χ3v) is 6.52. The number of allylic oxidation sites excluding steroid dienone is 3. The van der Waals surface area contributed by atoms with Crippen LogP contribution in [0, 0.1) is 17.6 Å². The molecule has 0 heterocycles. The fourth-order valence-electron chi connectivity index (χ4n) is 4.45. The highest BCUT2D eigenvalue weighted by atomic mass is 19.2. The van der Waals surface area contributed by atoms with E-state index in [0.717, 1.165) is 32.1 Å². The Hall–Kier alpha value is -2.95. The zero-order valence-electron chi connectivity index (χ0n) is 19.3. The topological polar surface area (TPSA) is 18.5 Å². The van der Waals surface area contributed by atoms with Gasteiger partial charge in [-0.1, -0.05) is 43.0 Å². The number of rotatable bonds is 9. The van der Waals surface area contributed by atoms with Crippen molar-refractivity contribution in [1.29, 1.82) is 0 Å². The van der Waals surface area contributed by atoms with Crippen LogP contribution in [0.4, 0.5) is 13.2 Å². The molecule has 0 amide bonds. The first kappa shape index (κ1) is 24.7. The predicted octanol–water partition coefficient (Wildman–Crippen LogP) is 8.26. The number of halogens is 3. The quantitative estimate of drug-likeness (QED) is 0.279. The molecule has 33 heavy (non-hydrogen) atoms. The van der Waals surface area contributed by atoms with E-state index in [-0.39, 0.29) is 17.2 Å². The summed E-state index contributed by atoms with van der Waals surface area (Å²) in [5.74, 6) is -0.941. The number of hydrogen-bond acceptors (Lipinski definition) is 2. The normalized spacial score (nSPS) is 18.6. The highest BCUT2D eigenvalue weighted by Crippen LogP contribution is 2.40. The third kappa shape index (κ3) is 6.10. The van der Waals surface area contributed by atoms with Crippen molar-refractivity contribution >= 4 is 0 Å². The SMILES string of the molecule is C=C(/C=C(/F)C(=C)OC)CCC1CCC(c2ccc(-c3ccc(OC)cc3)c(F)c2F)CC1. The Morgan fingerprint density at radius 1 is 0.970 bits per heavy atom. The van der Waals surface area contributed by atoms with Crippen molar-refractivity contribution in [1.82, 2.24) is 0 Å². The van der Waals surface area contributed by atoms with Gasteiger partial charge >= 0.3 is 0 Å².